The van der Waals surface area contributed by atoms with Crippen LogP contribution in [0, 0.1) is 6.92 Å². The molecule has 0 aliphatic carbocycles. The third-order valence-electron chi connectivity index (χ3n) is 5.36. The van der Waals surface area contributed by atoms with Crippen LogP contribution in [0.1, 0.15) is 22.8 Å². The van der Waals surface area contributed by atoms with Gasteiger partial charge in [0, 0.05) is 5.56 Å². The molecule has 6 heteroatoms. The fourth-order valence-electron chi connectivity index (χ4n) is 3.58. The number of anilines is 1. The highest BCUT2D eigenvalue weighted by atomic mass is 32.2. The van der Waals surface area contributed by atoms with Gasteiger partial charge in [-0.2, -0.15) is 4.31 Å². The first-order valence-corrected chi connectivity index (χ1v) is 12.4. The van der Waals surface area contributed by atoms with E-state index in [4.69, 9.17) is 4.74 Å². The van der Waals surface area contributed by atoms with Crippen LogP contribution in [0.4, 0.5) is 5.69 Å². The number of sulfonamides is 1. The van der Waals surface area contributed by atoms with Crippen LogP contribution in [0.3, 0.4) is 0 Å². The van der Waals surface area contributed by atoms with Crippen LogP contribution in [0.2, 0.25) is 0 Å². The summed E-state index contributed by atoms with van der Waals surface area (Å²) >= 11 is 0. The maximum Gasteiger partial charge on any atom is 0.272 e. The molecule has 0 bridgehead atoms. The van der Waals surface area contributed by atoms with Crippen LogP contribution in [-0.4, -0.2) is 20.9 Å². The molecule has 4 rings (SSSR count). The van der Waals surface area contributed by atoms with Gasteiger partial charge >= 0.3 is 0 Å². The molecule has 172 valence electrons. The minimum absolute atomic E-state index is 0.0428. The summed E-state index contributed by atoms with van der Waals surface area (Å²) in [5, 5.41) is 0. The lowest BCUT2D eigenvalue weighted by Crippen LogP contribution is -2.37. The Kier molecular flexibility index (Phi) is 6.80. The van der Waals surface area contributed by atoms with E-state index >= 15 is 0 Å². The van der Waals surface area contributed by atoms with Crippen molar-refractivity contribution in [2.75, 3.05) is 10.9 Å². The molecule has 0 aromatic heterocycles. The summed E-state index contributed by atoms with van der Waals surface area (Å²) in [7, 11) is -4.16. The summed E-state index contributed by atoms with van der Waals surface area (Å²) in [6, 6.07) is 29.6. The molecule has 4 aromatic rings. The van der Waals surface area contributed by atoms with Crippen molar-refractivity contribution in [2.45, 2.75) is 18.7 Å². The smallest absolute Gasteiger partial charge is 0.272 e. The number of benzene rings is 4. The molecule has 0 aliphatic rings. The molecule has 5 nitrogen and oxygen atoms in total. The number of carbonyl (C=O) groups excluding carboxylic acids is 1. The summed E-state index contributed by atoms with van der Waals surface area (Å²) in [6.07, 6.45) is 0. The second kappa shape index (κ2) is 9.93. The van der Waals surface area contributed by atoms with Gasteiger partial charge in [0.05, 0.1) is 17.2 Å². The second-order valence-electron chi connectivity index (χ2n) is 7.76. The van der Waals surface area contributed by atoms with Gasteiger partial charge in [0.25, 0.3) is 15.9 Å². The predicted octanol–water partition coefficient (Wildman–Crippen LogP) is 6.10. The molecule has 0 unspecified atom stereocenters. The number of hydrogen-bond donors (Lipinski definition) is 0. The van der Waals surface area contributed by atoms with Crippen LogP contribution < -0.4 is 9.04 Å². The van der Waals surface area contributed by atoms with Crippen molar-refractivity contribution in [1.82, 2.24) is 0 Å². The average Bonchev–Trinajstić information content (AvgIpc) is 2.86. The number of ether oxygens (including phenoxy) is 1. The van der Waals surface area contributed by atoms with Gasteiger partial charge in [0.2, 0.25) is 0 Å². The molecule has 0 N–H and O–H groups in total. The zero-order valence-corrected chi connectivity index (χ0v) is 19.8. The SMILES string of the molecule is CCOc1ccc(N(C(=O)c2ccc(-c3ccccc3)cc2)S(=O)(=O)c2ccc(C)cc2)cc1. The first kappa shape index (κ1) is 23.3. The molecule has 0 saturated heterocycles. The van der Waals surface area contributed by atoms with Crippen LogP contribution >= 0.6 is 0 Å². The summed E-state index contributed by atoms with van der Waals surface area (Å²) in [6.45, 7) is 4.22. The highest BCUT2D eigenvalue weighted by Gasteiger charge is 2.32. The van der Waals surface area contributed by atoms with E-state index < -0.39 is 15.9 Å². The molecule has 0 saturated carbocycles. The van der Waals surface area contributed by atoms with Gasteiger partial charge in [0.15, 0.2) is 0 Å². The van der Waals surface area contributed by atoms with Gasteiger partial charge in [0.1, 0.15) is 5.75 Å². The van der Waals surface area contributed by atoms with E-state index in [2.05, 4.69) is 0 Å². The molecule has 34 heavy (non-hydrogen) atoms. The van der Waals surface area contributed by atoms with Gasteiger partial charge in [-0.1, -0.05) is 60.2 Å². The number of rotatable bonds is 7. The molecule has 1 amide bonds. The van der Waals surface area contributed by atoms with E-state index in [0.29, 0.717) is 12.4 Å². The number of aryl methyl sites for hydroxylation is 1. The van der Waals surface area contributed by atoms with Crippen molar-refractivity contribution >= 4 is 21.6 Å². The Bertz CT molecular complexity index is 1360. The standard InChI is InChI=1S/C28H25NO4S/c1-3-33-26-17-15-25(16-18-26)29(34(31,32)27-19-9-21(2)10-20-27)28(30)24-13-11-23(12-14-24)22-7-5-4-6-8-22/h4-20H,3H2,1-2H3. The van der Waals surface area contributed by atoms with E-state index in [1.807, 2.05) is 56.3 Å². The summed E-state index contributed by atoms with van der Waals surface area (Å²) in [4.78, 5) is 13.6. The lowest BCUT2D eigenvalue weighted by Gasteiger charge is -2.23. The van der Waals surface area contributed by atoms with E-state index in [0.717, 1.165) is 21.0 Å². The molecule has 0 spiro atoms. The van der Waals surface area contributed by atoms with Crippen molar-refractivity contribution < 1.29 is 17.9 Å². The highest BCUT2D eigenvalue weighted by Crippen LogP contribution is 2.29. The lowest BCUT2D eigenvalue weighted by atomic mass is 10.0. The molecule has 4 aromatic carbocycles. The first-order valence-electron chi connectivity index (χ1n) is 10.9. The maximum absolute atomic E-state index is 13.6. The van der Waals surface area contributed by atoms with Gasteiger partial charge < -0.3 is 4.74 Å². The summed E-state index contributed by atoms with van der Waals surface area (Å²) < 4.78 is 33.6. The maximum atomic E-state index is 13.6. The van der Waals surface area contributed by atoms with Crippen LogP contribution in [-0.2, 0) is 10.0 Å². The Hall–Kier alpha value is -3.90. The third kappa shape index (κ3) is 4.87. The number of amides is 1. The summed E-state index contributed by atoms with van der Waals surface area (Å²) in [5.41, 5.74) is 3.38. The number of nitrogens with zero attached hydrogens (tertiary/aromatic N) is 1. The minimum Gasteiger partial charge on any atom is -0.494 e. The molecule has 0 heterocycles. The molecular formula is C28H25NO4S. The topological polar surface area (TPSA) is 63.7 Å². The highest BCUT2D eigenvalue weighted by molar-refractivity contribution is 7.93. The molecule has 0 aliphatic heterocycles. The third-order valence-corrected chi connectivity index (χ3v) is 7.09. The lowest BCUT2D eigenvalue weighted by molar-refractivity contribution is 0.101. The molecular weight excluding hydrogens is 446 g/mol. The van der Waals surface area contributed by atoms with Crippen molar-refractivity contribution in [1.29, 1.82) is 0 Å². The van der Waals surface area contributed by atoms with Crippen molar-refractivity contribution in [3.05, 3.63) is 114 Å². The monoisotopic (exact) mass is 471 g/mol. The Balaban J connectivity index is 1.75. The Morgan fingerprint density at radius 3 is 1.94 bits per heavy atom. The van der Waals surface area contributed by atoms with Crippen LogP contribution in [0.5, 0.6) is 5.75 Å². The van der Waals surface area contributed by atoms with Crippen molar-refractivity contribution in [3.63, 3.8) is 0 Å². The predicted molar refractivity (Wildman–Crippen MR) is 135 cm³/mol. The van der Waals surface area contributed by atoms with Crippen molar-refractivity contribution in [3.8, 4) is 16.9 Å². The Labute approximate surface area is 200 Å². The normalized spacial score (nSPS) is 11.1. The van der Waals surface area contributed by atoms with Gasteiger partial charge in [-0.05, 0) is 73.5 Å². The average molecular weight is 472 g/mol. The molecule has 0 fully saturated rings. The molecule has 0 radical (unpaired) electrons. The van der Waals surface area contributed by atoms with Crippen molar-refractivity contribution in [2.24, 2.45) is 0 Å². The fourth-order valence-corrected chi connectivity index (χ4v) is 4.99. The van der Waals surface area contributed by atoms with E-state index in [-0.39, 0.29) is 16.1 Å². The minimum atomic E-state index is -4.16. The molecule has 0 atom stereocenters. The van der Waals surface area contributed by atoms with Crippen LogP contribution in [0.25, 0.3) is 11.1 Å². The zero-order valence-electron chi connectivity index (χ0n) is 19.0. The zero-order chi connectivity index (χ0) is 24.1. The number of carbonyl (C=O) groups is 1. The van der Waals surface area contributed by atoms with Gasteiger partial charge in [-0.25, -0.2) is 8.42 Å². The number of hydrogen-bond acceptors (Lipinski definition) is 4. The first-order chi connectivity index (χ1) is 16.4. The Morgan fingerprint density at radius 1 is 0.765 bits per heavy atom. The Morgan fingerprint density at radius 2 is 1.35 bits per heavy atom. The van der Waals surface area contributed by atoms with E-state index in [9.17, 15) is 13.2 Å². The quantitative estimate of drug-likeness (QED) is 0.327. The van der Waals surface area contributed by atoms with E-state index in [1.165, 1.54) is 12.1 Å². The van der Waals surface area contributed by atoms with Crippen LogP contribution in [0.15, 0.2) is 108 Å². The fraction of sp³-hybridized carbons (Fsp3) is 0.107. The second-order valence-corrected chi connectivity index (χ2v) is 9.54. The van der Waals surface area contributed by atoms with E-state index in [1.54, 1.807) is 48.5 Å². The van der Waals surface area contributed by atoms with Gasteiger partial charge in [-0.3, -0.25) is 4.79 Å². The summed E-state index contributed by atoms with van der Waals surface area (Å²) in [5.74, 6) is -0.0389. The van der Waals surface area contributed by atoms with Gasteiger partial charge in [-0.15, -0.1) is 0 Å². The largest absolute Gasteiger partial charge is 0.494 e.